The van der Waals surface area contributed by atoms with Crippen LogP contribution in [0.25, 0.3) is 0 Å². The van der Waals surface area contributed by atoms with Gasteiger partial charge in [-0.05, 0) is 55.9 Å². The second-order valence-electron chi connectivity index (χ2n) is 6.79. The lowest BCUT2D eigenvalue weighted by Crippen LogP contribution is -2.39. The molecule has 2 aromatic rings. The highest BCUT2D eigenvalue weighted by Gasteiger charge is 2.23. The number of aryl methyl sites for hydroxylation is 2. The molecule has 1 aromatic carbocycles. The van der Waals surface area contributed by atoms with Crippen LogP contribution in [0.15, 0.2) is 30.6 Å². The van der Waals surface area contributed by atoms with Crippen molar-refractivity contribution in [2.75, 3.05) is 18.4 Å². The van der Waals surface area contributed by atoms with Crippen LogP contribution >= 0.6 is 0 Å². The lowest BCUT2D eigenvalue weighted by atomic mass is 10.0. The molecule has 0 aliphatic carbocycles. The Balaban J connectivity index is 1.69. The van der Waals surface area contributed by atoms with Gasteiger partial charge in [-0.3, -0.25) is 4.79 Å². The topological polar surface area (TPSA) is 58.1 Å². The largest absolute Gasteiger partial charge is 0.339 e. The third-order valence-corrected chi connectivity index (χ3v) is 4.31. The quantitative estimate of drug-likeness (QED) is 0.935. The Kier molecular flexibility index (Phi) is 4.79. The Morgan fingerprint density at radius 3 is 2.54 bits per heavy atom. The van der Waals surface area contributed by atoms with E-state index < -0.39 is 0 Å². The number of amides is 1. The van der Waals surface area contributed by atoms with Crippen molar-refractivity contribution in [2.45, 2.75) is 33.6 Å². The molecule has 24 heavy (non-hydrogen) atoms. The van der Waals surface area contributed by atoms with Gasteiger partial charge in [-0.1, -0.05) is 13.0 Å². The number of likely N-dealkylation sites (tertiary alicyclic amines) is 1. The highest BCUT2D eigenvalue weighted by atomic mass is 16.2. The molecule has 0 radical (unpaired) electrons. The van der Waals surface area contributed by atoms with Crippen LogP contribution in [0, 0.1) is 19.8 Å². The van der Waals surface area contributed by atoms with Gasteiger partial charge in [-0.15, -0.1) is 0 Å². The maximum atomic E-state index is 12.5. The fourth-order valence-electron chi connectivity index (χ4n) is 3.23. The summed E-state index contributed by atoms with van der Waals surface area (Å²) in [6, 6.07) is 6.24. The molecule has 1 saturated heterocycles. The van der Waals surface area contributed by atoms with Gasteiger partial charge in [0.05, 0.1) is 12.4 Å². The van der Waals surface area contributed by atoms with Crippen LogP contribution < -0.4 is 5.32 Å². The molecule has 1 aliphatic heterocycles. The van der Waals surface area contributed by atoms with Gasteiger partial charge in [-0.2, -0.15) is 0 Å². The summed E-state index contributed by atoms with van der Waals surface area (Å²) in [5, 5.41) is 3.24. The van der Waals surface area contributed by atoms with Gasteiger partial charge in [0, 0.05) is 18.8 Å². The standard InChI is InChI=1S/C19H24N4O/c1-13-5-4-6-23(12-13)19(24)17-10-21-18(11-20-17)22-16-8-14(2)7-15(3)9-16/h7-11,13H,4-6,12H2,1-3H3,(H,21,22). The molecule has 5 nitrogen and oxygen atoms in total. The third-order valence-electron chi connectivity index (χ3n) is 4.31. The molecule has 1 aromatic heterocycles. The maximum Gasteiger partial charge on any atom is 0.274 e. The minimum absolute atomic E-state index is 0.0213. The van der Waals surface area contributed by atoms with Gasteiger partial charge in [-0.25, -0.2) is 9.97 Å². The summed E-state index contributed by atoms with van der Waals surface area (Å²) in [7, 11) is 0. The Bertz CT molecular complexity index is 706. The van der Waals surface area contributed by atoms with Crippen molar-refractivity contribution in [1.82, 2.24) is 14.9 Å². The Hall–Kier alpha value is -2.43. The molecular weight excluding hydrogens is 300 g/mol. The highest BCUT2D eigenvalue weighted by molar-refractivity contribution is 5.92. The van der Waals surface area contributed by atoms with Gasteiger partial charge in [0.15, 0.2) is 0 Å². The fourth-order valence-corrected chi connectivity index (χ4v) is 3.23. The minimum atomic E-state index is -0.0213. The first-order chi connectivity index (χ1) is 11.5. The summed E-state index contributed by atoms with van der Waals surface area (Å²) in [5.41, 5.74) is 3.77. The number of nitrogens with zero attached hydrogens (tertiary/aromatic N) is 3. The van der Waals surface area contributed by atoms with Crippen LogP contribution in [0.5, 0.6) is 0 Å². The normalized spacial score (nSPS) is 17.6. The summed E-state index contributed by atoms with van der Waals surface area (Å²) in [4.78, 5) is 23.0. The van der Waals surface area contributed by atoms with Gasteiger partial charge < -0.3 is 10.2 Å². The average molecular weight is 324 g/mol. The van der Waals surface area contributed by atoms with Gasteiger partial charge in [0.1, 0.15) is 11.5 Å². The molecule has 1 N–H and O–H groups in total. The molecule has 1 atom stereocenters. The molecule has 2 heterocycles. The lowest BCUT2D eigenvalue weighted by molar-refractivity contribution is 0.0676. The van der Waals surface area contributed by atoms with E-state index >= 15 is 0 Å². The molecule has 0 bridgehead atoms. The van der Waals surface area contributed by atoms with Crippen LogP contribution in [0.1, 0.15) is 41.4 Å². The van der Waals surface area contributed by atoms with Crippen LogP contribution in [-0.4, -0.2) is 33.9 Å². The van der Waals surface area contributed by atoms with Crippen molar-refractivity contribution in [3.05, 3.63) is 47.4 Å². The number of benzene rings is 1. The predicted molar refractivity (Wildman–Crippen MR) is 95.5 cm³/mol. The summed E-state index contributed by atoms with van der Waals surface area (Å²) in [5.74, 6) is 1.18. The molecule has 126 valence electrons. The van der Waals surface area contributed by atoms with E-state index in [9.17, 15) is 4.79 Å². The van der Waals surface area contributed by atoms with E-state index in [-0.39, 0.29) is 5.91 Å². The Labute approximate surface area is 143 Å². The summed E-state index contributed by atoms with van der Waals surface area (Å²) >= 11 is 0. The summed E-state index contributed by atoms with van der Waals surface area (Å²) < 4.78 is 0. The number of hydrogen-bond donors (Lipinski definition) is 1. The van der Waals surface area contributed by atoms with E-state index in [1.807, 2.05) is 4.90 Å². The molecule has 1 amide bonds. The zero-order valence-corrected chi connectivity index (χ0v) is 14.5. The van der Waals surface area contributed by atoms with E-state index in [4.69, 9.17) is 0 Å². The van der Waals surface area contributed by atoms with Gasteiger partial charge >= 0.3 is 0 Å². The lowest BCUT2D eigenvalue weighted by Gasteiger charge is -2.30. The molecule has 0 saturated carbocycles. The van der Waals surface area contributed by atoms with Crippen molar-refractivity contribution in [2.24, 2.45) is 5.92 Å². The smallest absolute Gasteiger partial charge is 0.274 e. The SMILES string of the molecule is Cc1cc(C)cc(Nc2cnc(C(=O)N3CCCC(C)C3)cn2)c1. The Morgan fingerprint density at radius 2 is 1.92 bits per heavy atom. The number of anilines is 2. The van der Waals surface area contributed by atoms with Crippen LogP contribution in [0.2, 0.25) is 0 Å². The fraction of sp³-hybridized carbons (Fsp3) is 0.421. The van der Waals surface area contributed by atoms with Crippen molar-refractivity contribution in [1.29, 1.82) is 0 Å². The maximum absolute atomic E-state index is 12.5. The first-order valence-corrected chi connectivity index (χ1v) is 8.48. The van der Waals surface area contributed by atoms with E-state index in [1.54, 1.807) is 12.4 Å². The number of nitrogens with one attached hydrogen (secondary N) is 1. The first-order valence-electron chi connectivity index (χ1n) is 8.48. The van der Waals surface area contributed by atoms with Gasteiger partial charge in [0.25, 0.3) is 5.91 Å². The molecule has 1 aliphatic rings. The van der Waals surface area contributed by atoms with Crippen molar-refractivity contribution < 1.29 is 4.79 Å². The van der Waals surface area contributed by atoms with E-state index in [0.717, 1.165) is 25.2 Å². The number of hydrogen-bond acceptors (Lipinski definition) is 4. The van der Waals surface area contributed by atoms with Crippen molar-refractivity contribution in [3.63, 3.8) is 0 Å². The van der Waals surface area contributed by atoms with E-state index in [1.165, 1.54) is 17.5 Å². The summed E-state index contributed by atoms with van der Waals surface area (Å²) in [6.45, 7) is 7.93. The highest BCUT2D eigenvalue weighted by Crippen LogP contribution is 2.19. The molecule has 1 unspecified atom stereocenters. The second kappa shape index (κ2) is 6.99. The van der Waals surface area contributed by atoms with Gasteiger partial charge in [0.2, 0.25) is 0 Å². The van der Waals surface area contributed by atoms with Crippen LogP contribution in [0.3, 0.4) is 0 Å². The number of carbonyl (C=O) groups is 1. The van der Waals surface area contributed by atoms with E-state index in [2.05, 4.69) is 54.3 Å². The Morgan fingerprint density at radius 1 is 1.17 bits per heavy atom. The molecule has 0 spiro atoms. The zero-order chi connectivity index (χ0) is 17.1. The average Bonchev–Trinajstić information content (AvgIpc) is 2.54. The van der Waals surface area contributed by atoms with E-state index in [0.29, 0.717) is 17.4 Å². The number of carbonyl (C=O) groups excluding carboxylic acids is 1. The molecule has 1 fully saturated rings. The molecule has 5 heteroatoms. The third kappa shape index (κ3) is 3.91. The zero-order valence-electron chi connectivity index (χ0n) is 14.5. The number of rotatable bonds is 3. The number of piperidine rings is 1. The predicted octanol–water partition coefficient (Wildman–Crippen LogP) is 3.71. The van der Waals surface area contributed by atoms with Crippen molar-refractivity contribution >= 4 is 17.4 Å². The van der Waals surface area contributed by atoms with Crippen molar-refractivity contribution in [3.8, 4) is 0 Å². The van der Waals surface area contributed by atoms with Crippen LogP contribution in [0.4, 0.5) is 11.5 Å². The second-order valence-corrected chi connectivity index (χ2v) is 6.79. The first kappa shape index (κ1) is 16.4. The minimum Gasteiger partial charge on any atom is -0.339 e. The molecular formula is C19H24N4O. The van der Waals surface area contributed by atoms with Crippen LogP contribution in [-0.2, 0) is 0 Å². The monoisotopic (exact) mass is 324 g/mol. The molecule has 3 rings (SSSR count). The number of aromatic nitrogens is 2. The summed E-state index contributed by atoms with van der Waals surface area (Å²) in [6.07, 6.45) is 5.44.